The largest absolute Gasteiger partial charge is 0.481 e. The van der Waals surface area contributed by atoms with Crippen LogP contribution in [0.4, 0.5) is 0 Å². The van der Waals surface area contributed by atoms with Crippen molar-refractivity contribution in [1.29, 1.82) is 0 Å². The molecule has 0 aromatic carbocycles. The number of carbonyl (C=O) groups is 2. The molecule has 0 saturated heterocycles. The van der Waals surface area contributed by atoms with Crippen molar-refractivity contribution in [2.75, 3.05) is 0 Å². The van der Waals surface area contributed by atoms with E-state index in [1.165, 1.54) is 96.3 Å². The van der Waals surface area contributed by atoms with E-state index in [0.29, 0.717) is 6.42 Å². The second kappa shape index (κ2) is 20.5. The maximum atomic E-state index is 13.2. The number of aromatic nitrogens is 1. The van der Waals surface area contributed by atoms with Gasteiger partial charge < -0.3 is 9.67 Å². The molecule has 0 fully saturated rings. The minimum absolute atomic E-state index is 0.00113. The molecule has 0 spiro atoms. The van der Waals surface area contributed by atoms with Crippen molar-refractivity contribution in [3.05, 3.63) is 22.5 Å². The van der Waals surface area contributed by atoms with Crippen LogP contribution in [0.3, 0.4) is 0 Å². The zero-order valence-corrected chi connectivity index (χ0v) is 24.3. The van der Waals surface area contributed by atoms with Crippen molar-refractivity contribution in [2.45, 2.75) is 169 Å². The molecule has 0 aliphatic heterocycles. The van der Waals surface area contributed by atoms with E-state index in [1.54, 1.807) is 0 Å². The molecule has 208 valence electrons. The molecule has 1 aromatic rings. The van der Waals surface area contributed by atoms with Crippen LogP contribution in [0, 0.1) is 13.8 Å². The number of ketones is 1. The maximum absolute atomic E-state index is 13.2. The van der Waals surface area contributed by atoms with E-state index >= 15 is 0 Å². The Labute approximate surface area is 222 Å². The fourth-order valence-electron chi connectivity index (χ4n) is 5.47. The molecule has 1 rings (SSSR count). The Morgan fingerprint density at radius 1 is 0.639 bits per heavy atom. The Hall–Kier alpha value is -1.58. The summed E-state index contributed by atoms with van der Waals surface area (Å²) in [6.45, 7) is 9.20. The molecule has 0 saturated carbocycles. The number of carboxylic acid groups (broad SMARTS) is 1. The van der Waals surface area contributed by atoms with E-state index in [-0.39, 0.29) is 12.2 Å². The monoisotopic (exact) mass is 503 g/mol. The Morgan fingerprint density at radius 3 is 1.50 bits per heavy atom. The number of Topliss-reactive ketones (excluding diaryl/α,β-unsaturated/α-hetero) is 1. The van der Waals surface area contributed by atoms with E-state index < -0.39 is 5.97 Å². The highest BCUT2D eigenvalue weighted by atomic mass is 16.4. The van der Waals surface area contributed by atoms with Crippen molar-refractivity contribution >= 4 is 11.8 Å². The molecule has 4 nitrogen and oxygen atoms in total. The van der Waals surface area contributed by atoms with Gasteiger partial charge in [-0.15, -0.1) is 0 Å². The molecule has 0 aliphatic carbocycles. The molecule has 0 unspecified atom stereocenters. The Bertz CT molecular complexity index is 734. The number of carbonyl (C=O) groups excluding carboxylic acids is 1. The van der Waals surface area contributed by atoms with Crippen LogP contribution >= 0.6 is 0 Å². The summed E-state index contributed by atoms with van der Waals surface area (Å²) in [4.78, 5) is 24.6. The number of hydrogen-bond acceptors (Lipinski definition) is 2. The molecule has 36 heavy (non-hydrogen) atoms. The second-order valence-corrected chi connectivity index (χ2v) is 10.9. The zero-order valence-electron chi connectivity index (χ0n) is 24.3. The fourth-order valence-corrected chi connectivity index (χ4v) is 5.47. The lowest BCUT2D eigenvalue weighted by Gasteiger charge is -2.12. The summed E-state index contributed by atoms with van der Waals surface area (Å²) in [5, 5.41) is 9.36. The molecule has 0 amide bonds. The van der Waals surface area contributed by atoms with Gasteiger partial charge in [0.2, 0.25) is 0 Å². The second-order valence-electron chi connectivity index (χ2n) is 10.9. The average Bonchev–Trinajstić information content (AvgIpc) is 3.08. The van der Waals surface area contributed by atoms with Gasteiger partial charge in [0.15, 0.2) is 5.78 Å². The third kappa shape index (κ3) is 13.1. The van der Waals surface area contributed by atoms with Crippen molar-refractivity contribution in [3.63, 3.8) is 0 Å². The van der Waals surface area contributed by atoms with Crippen LogP contribution in [0.1, 0.15) is 170 Å². The lowest BCUT2D eigenvalue weighted by Crippen LogP contribution is -2.12. The molecule has 1 N–H and O–H groups in total. The molecular weight excluding hydrogens is 446 g/mol. The normalized spacial score (nSPS) is 11.3. The summed E-state index contributed by atoms with van der Waals surface area (Å²) in [6, 6.07) is 0. The Kier molecular flexibility index (Phi) is 18.5. The lowest BCUT2D eigenvalue weighted by atomic mass is 10.0. The number of nitrogens with zero attached hydrogens (tertiary/aromatic N) is 1. The third-order valence-corrected chi connectivity index (χ3v) is 7.75. The van der Waals surface area contributed by atoms with Crippen LogP contribution in [-0.4, -0.2) is 21.4 Å². The van der Waals surface area contributed by atoms with Crippen LogP contribution in [0.2, 0.25) is 0 Å². The van der Waals surface area contributed by atoms with E-state index in [0.717, 1.165) is 54.7 Å². The molecule has 0 atom stereocenters. The highest BCUT2D eigenvalue weighted by Crippen LogP contribution is 2.26. The van der Waals surface area contributed by atoms with E-state index in [1.807, 2.05) is 13.8 Å². The number of unbranched alkanes of at least 4 members (excludes halogenated alkanes) is 17. The summed E-state index contributed by atoms with van der Waals surface area (Å²) in [6.07, 6.45) is 24.9. The van der Waals surface area contributed by atoms with E-state index in [9.17, 15) is 14.7 Å². The minimum Gasteiger partial charge on any atom is -0.481 e. The van der Waals surface area contributed by atoms with Gasteiger partial charge in [0, 0.05) is 18.7 Å². The topological polar surface area (TPSA) is 59.3 Å². The maximum Gasteiger partial charge on any atom is 0.307 e. The molecule has 0 bridgehead atoms. The van der Waals surface area contributed by atoms with Gasteiger partial charge in [-0.25, -0.2) is 0 Å². The van der Waals surface area contributed by atoms with Crippen molar-refractivity contribution < 1.29 is 14.7 Å². The third-order valence-electron chi connectivity index (χ3n) is 7.75. The number of aliphatic carboxylic acids is 1. The SMILES string of the molecule is CCCCCCCCCCCCCCCCCC(=O)c1c(C)c(CC(=O)O)c(C)n1CCCCCC. The van der Waals surface area contributed by atoms with Crippen LogP contribution in [0.5, 0.6) is 0 Å². The summed E-state index contributed by atoms with van der Waals surface area (Å²) in [5.41, 5.74) is 3.45. The van der Waals surface area contributed by atoms with Gasteiger partial charge >= 0.3 is 5.97 Å². The number of rotatable bonds is 24. The summed E-state index contributed by atoms with van der Waals surface area (Å²) < 4.78 is 2.12. The van der Waals surface area contributed by atoms with Gasteiger partial charge in [-0.1, -0.05) is 123 Å². The van der Waals surface area contributed by atoms with Gasteiger partial charge in [0.05, 0.1) is 12.1 Å². The summed E-state index contributed by atoms with van der Waals surface area (Å²) in [5.74, 6) is -0.636. The van der Waals surface area contributed by atoms with Crippen LogP contribution in [-0.2, 0) is 17.8 Å². The highest BCUT2D eigenvalue weighted by Gasteiger charge is 2.23. The van der Waals surface area contributed by atoms with Crippen molar-refractivity contribution in [1.82, 2.24) is 4.57 Å². The van der Waals surface area contributed by atoms with Crippen molar-refractivity contribution in [2.24, 2.45) is 0 Å². The first-order valence-electron chi connectivity index (χ1n) is 15.4. The van der Waals surface area contributed by atoms with Gasteiger partial charge in [-0.3, -0.25) is 9.59 Å². The molecule has 1 aromatic heterocycles. The smallest absolute Gasteiger partial charge is 0.307 e. The van der Waals surface area contributed by atoms with E-state index in [4.69, 9.17) is 0 Å². The standard InChI is InChI=1S/C32H57NO3/c1-5-7-9-11-12-13-14-15-16-17-18-19-20-21-22-24-30(34)32-27(3)29(26-31(35)36)28(4)33(32)25-23-10-8-6-2/h5-26H2,1-4H3,(H,35,36). The van der Waals surface area contributed by atoms with Gasteiger partial charge in [-0.05, 0) is 37.8 Å². The van der Waals surface area contributed by atoms with Gasteiger partial charge in [0.25, 0.3) is 0 Å². The molecule has 0 radical (unpaired) electrons. The van der Waals surface area contributed by atoms with Gasteiger partial charge in [-0.2, -0.15) is 0 Å². The van der Waals surface area contributed by atoms with Crippen LogP contribution < -0.4 is 0 Å². The molecule has 0 aliphatic rings. The molecule has 4 heteroatoms. The fraction of sp³-hybridized carbons (Fsp3) is 0.812. The number of carboxylic acids is 1. The summed E-state index contributed by atoms with van der Waals surface area (Å²) >= 11 is 0. The first kappa shape index (κ1) is 32.4. The quantitative estimate of drug-likeness (QED) is 0.113. The summed E-state index contributed by atoms with van der Waals surface area (Å²) in [7, 11) is 0. The minimum atomic E-state index is -0.828. The number of hydrogen-bond donors (Lipinski definition) is 1. The Balaban J connectivity index is 2.32. The first-order valence-corrected chi connectivity index (χ1v) is 15.4. The first-order chi connectivity index (χ1) is 17.4. The molecular formula is C32H57NO3. The predicted molar refractivity (Wildman–Crippen MR) is 153 cm³/mol. The lowest BCUT2D eigenvalue weighted by molar-refractivity contribution is -0.136. The Morgan fingerprint density at radius 2 is 1.06 bits per heavy atom. The van der Waals surface area contributed by atoms with Crippen LogP contribution in [0.25, 0.3) is 0 Å². The predicted octanol–water partition coefficient (Wildman–Crippen LogP) is 9.76. The zero-order chi connectivity index (χ0) is 26.6. The van der Waals surface area contributed by atoms with Crippen molar-refractivity contribution in [3.8, 4) is 0 Å². The highest BCUT2D eigenvalue weighted by molar-refractivity contribution is 5.97. The van der Waals surface area contributed by atoms with Gasteiger partial charge in [0.1, 0.15) is 0 Å². The molecule has 1 heterocycles. The average molecular weight is 504 g/mol. The van der Waals surface area contributed by atoms with Crippen LogP contribution in [0.15, 0.2) is 0 Å². The van der Waals surface area contributed by atoms with E-state index in [2.05, 4.69) is 18.4 Å².